The summed E-state index contributed by atoms with van der Waals surface area (Å²) in [5.41, 5.74) is 3.98. The van der Waals surface area contributed by atoms with Crippen molar-refractivity contribution in [3.8, 4) is 22.0 Å². The Hall–Kier alpha value is -3.90. The lowest BCUT2D eigenvalue weighted by Gasteiger charge is -2.28. The highest BCUT2D eigenvalue weighted by Gasteiger charge is 2.26. The minimum absolute atomic E-state index is 0.217. The van der Waals surface area contributed by atoms with E-state index in [2.05, 4.69) is 30.5 Å². The highest BCUT2D eigenvalue weighted by molar-refractivity contribution is 7.13. The standard InChI is InChI=1S/C24H24N8O3S/c1-2-34-16-5-3-15(4-6-16)32-11-18(21(31-32)17-7-8-20-22(28-17)25-13-35-20)29-23(33)19-12-36-24(30-19)14-9-26-27-10-14/h7-13,15-16H,2-6H2,1H3,(H,26,27)(H,29,33)/t15-,16-. The third-order valence-corrected chi connectivity index (χ3v) is 7.21. The number of amides is 1. The minimum atomic E-state index is -0.315. The Morgan fingerprint density at radius 1 is 1.28 bits per heavy atom. The number of hydrogen-bond donors (Lipinski definition) is 2. The maximum Gasteiger partial charge on any atom is 0.275 e. The molecule has 36 heavy (non-hydrogen) atoms. The van der Waals surface area contributed by atoms with Gasteiger partial charge in [0.15, 0.2) is 17.6 Å². The van der Waals surface area contributed by atoms with Gasteiger partial charge in [0.05, 0.1) is 29.7 Å². The second kappa shape index (κ2) is 9.63. The topological polar surface area (TPSA) is 137 Å². The lowest BCUT2D eigenvalue weighted by Crippen LogP contribution is -2.24. The molecule has 6 rings (SSSR count). The molecule has 0 saturated heterocycles. The summed E-state index contributed by atoms with van der Waals surface area (Å²) in [5.74, 6) is -0.315. The van der Waals surface area contributed by atoms with E-state index in [1.807, 2.05) is 23.9 Å². The average Bonchev–Trinajstić information content (AvgIpc) is 3.70. The van der Waals surface area contributed by atoms with Crippen molar-refractivity contribution in [2.24, 2.45) is 0 Å². The number of carbonyl (C=O) groups is 1. The van der Waals surface area contributed by atoms with Gasteiger partial charge in [-0.3, -0.25) is 14.6 Å². The number of hydrogen-bond acceptors (Lipinski definition) is 9. The molecule has 1 fully saturated rings. The average molecular weight is 505 g/mol. The van der Waals surface area contributed by atoms with Crippen LogP contribution in [-0.4, -0.2) is 53.5 Å². The number of ether oxygens (including phenoxy) is 1. The minimum Gasteiger partial charge on any atom is -0.442 e. The van der Waals surface area contributed by atoms with Crippen LogP contribution in [-0.2, 0) is 4.74 Å². The first-order valence-corrected chi connectivity index (χ1v) is 12.7. The quantitative estimate of drug-likeness (QED) is 0.325. The largest absolute Gasteiger partial charge is 0.442 e. The number of nitrogens with one attached hydrogen (secondary N) is 2. The SMILES string of the molecule is CCO[C@H]1CC[C@H](n2cc(NC(=O)c3csc(-c4cn[nH]c4)n3)c(-c3ccc4ocnc4n3)n2)CC1. The number of nitrogens with zero attached hydrogens (tertiary/aromatic N) is 6. The first kappa shape index (κ1) is 22.6. The Kier molecular flexibility index (Phi) is 6.03. The molecule has 0 spiro atoms. The van der Waals surface area contributed by atoms with Gasteiger partial charge in [0.1, 0.15) is 16.4 Å². The molecule has 0 radical (unpaired) electrons. The number of oxazole rings is 1. The number of aromatic nitrogens is 7. The van der Waals surface area contributed by atoms with Crippen molar-refractivity contribution >= 4 is 34.2 Å². The van der Waals surface area contributed by atoms with Gasteiger partial charge in [0.2, 0.25) is 0 Å². The van der Waals surface area contributed by atoms with E-state index in [-0.39, 0.29) is 11.9 Å². The van der Waals surface area contributed by atoms with Crippen LogP contribution in [0.25, 0.3) is 33.2 Å². The number of carbonyl (C=O) groups excluding carboxylic acids is 1. The number of H-pyrrole nitrogens is 1. The molecule has 5 aromatic rings. The van der Waals surface area contributed by atoms with E-state index in [1.54, 1.807) is 23.8 Å². The summed E-state index contributed by atoms with van der Waals surface area (Å²) >= 11 is 1.39. The molecule has 1 aliphatic carbocycles. The zero-order chi connectivity index (χ0) is 24.5. The van der Waals surface area contributed by atoms with E-state index < -0.39 is 0 Å². The van der Waals surface area contributed by atoms with E-state index in [9.17, 15) is 4.79 Å². The lowest BCUT2D eigenvalue weighted by atomic mass is 9.93. The predicted molar refractivity (Wildman–Crippen MR) is 134 cm³/mol. The van der Waals surface area contributed by atoms with Crippen molar-refractivity contribution in [3.63, 3.8) is 0 Å². The van der Waals surface area contributed by atoms with Gasteiger partial charge in [0.25, 0.3) is 5.91 Å². The molecule has 1 amide bonds. The fraction of sp³-hybridized carbons (Fsp3) is 0.333. The van der Waals surface area contributed by atoms with Crippen molar-refractivity contribution in [1.29, 1.82) is 0 Å². The van der Waals surface area contributed by atoms with E-state index in [4.69, 9.17) is 14.3 Å². The van der Waals surface area contributed by atoms with Crippen LogP contribution in [0.2, 0.25) is 0 Å². The van der Waals surface area contributed by atoms with Gasteiger partial charge in [-0.1, -0.05) is 0 Å². The maximum atomic E-state index is 13.2. The maximum absolute atomic E-state index is 13.2. The molecule has 0 atom stereocenters. The van der Waals surface area contributed by atoms with Crippen LogP contribution in [0.1, 0.15) is 49.1 Å². The summed E-state index contributed by atoms with van der Waals surface area (Å²) < 4.78 is 13.1. The highest BCUT2D eigenvalue weighted by atomic mass is 32.1. The number of aromatic amines is 1. The second-order valence-electron chi connectivity index (χ2n) is 8.61. The summed E-state index contributed by atoms with van der Waals surface area (Å²) in [7, 11) is 0. The molecular formula is C24H24N8O3S. The molecule has 0 aromatic carbocycles. The fourth-order valence-electron chi connectivity index (χ4n) is 4.52. The summed E-state index contributed by atoms with van der Waals surface area (Å²) in [4.78, 5) is 26.4. The first-order chi connectivity index (χ1) is 17.7. The molecule has 2 N–H and O–H groups in total. The van der Waals surface area contributed by atoms with Crippen LogP contribution < -0.4 is 5.32 Å². The Balaban J connectivity index is 1.30. The van der Waals surface area contributed by atoms with Crippen LogP contribution in [0.4, 0.5) is 5.69 Å². The number of pyridine rings is 1. The van der Waals surface area contributed by atoms with Gasteiger partial charge in [-0.2, -0.15) is 15.2 Å². The summed E-state index contributed by atoms with van der Waals surface area (Å²) in [6.45, 7) is 2.76. The zero-order valence-electron chi connectivity index (χ0n) is 19.5. The third kappa shape index (κ3) is 4.40. The summed E-state index contributed by atoms with van der Waals surface area (Å²) in [6, 6.07) is 3.84. The van der Waals surface area contributed by atoms with Crippen LogP contribution >= 0.6 is 11.3 Å². The molecule has 12 heteroatoms. The number of anilines is 1. The van der Waals surface area contributed by atoms with Crippen LogP contribution in [0.3, 0.4) is 0 Å². The Morgan fingerprint density at radius 2 is 2.17 bits per heavy atom. The van der Waals surface area contributed by atoms with Crippen LogP contribution in [0, 0.1) is 0 Å². The van der Waals surface area contributed by atoms with Crippen molar-refractivity contribution < 1.29 is 13.9 Å². The molecule has 11 nitrogen and oxygen atoms in total. The van der Waals surface area contributed by atoms with Crippen molar-refractivity contribution in [2.45, 2.75) is 44.8 Å². The predicted octanol–water partition coefficient (Wildman–Crippen LogP) is 4.71. The normalized spacial score (nSPS) is 18.0. The monoisotopic (exact) mass is 504 g/mol. The van der Waals surface area contributed by atoms with Crippen molar-refractivity contribution in [3.05, 3.63) is 48.2 Å². The molecule has 0 aliphatic heterocycles. The van der Waals surface area contributed by atoms with E-state index >= 15 is 0 Å². The lowest BCUT2D eigenvalue weighted by molar-refractivity contribution is 0.0260. The van der Waals surface area contributed by atoms with Gasteiger partial charge in [0, 0.05) is 29.9 Å². The molecule has 1 saturated carbocycles. The Morgan fingerprint density at radius 3 is 2.97 bits per heavy atom. The highest BCUT2D eigenvalue weighted by Crippen LogP contribution is 2.34. The molecule has 0 bridgehead atoms. The fourth-order valence-corrected chi connectivity index (χ4v) is 5.30. The number of rotatable bonds is 7. The molecular weight excluding hydrogens is 480 g/mol. The van der Waals surface area contributed by atoms with Gasteiger partial charge < -0.3 is 14.5 Å². The summed E-state index contributed by atoms with van der Waals surface area (Å²) in [6.07, 6.45) is 10.8. The molecule has 5 aromatic heterocycles. The Bertz CT molecular complexity index is 1480. The smallest absolute Gasteiger partial charge is 0.275 e. The van der Waals surface area contributed by atoms with Gasteiger partial charge in [-0.15, -0.1) is 11.3 Å². The number of fused-ring (bicyclic) bond motifs is 1. The molecule has 0 unspecified atom stereocenters. The van der Waals surface area contributed by atoms with Gasteiger partial charge in [-0.25, -0.2) is 9.97 Å². The summed E-state index contributed by atoms with van der Waals surface area (Å²) in [5, 5.41) is 17.0. The second-order valence-corrected chi connectivity index (χ2v) is 9.46. The van der Waals surface area contributed by atoms with Crippen molar-refractivity contribution in [2.75, 3.05) is 11.9 Å². The van der Waals surface area contributed by atoms with E-state index in [1.165, 1.54) is 17.7 Å². The van der Waals surface area contributed by atoms with E-state index in [0.717, 1.165) is 37.9 Å². The molecule has 1 aliphatic rings. The zero-order valence-corrected chi connectivity index (χ0v) is 20.4. The Labute approximate surface area is 209 Å². The number of thiazole rings is 1. The van der Waals surface area contributed by atoms with E-state index in [0.29, 0.717) is 45.1 Å². The van der Waals surface area contributed by atoms with Crippen LogP contribution in [0.5, 0.6) is 0 Å². The third-order valence-electron chi connectivity index (χ3n) is 6.32. The van der Waals surface area contributed by atoms with Crippen LogP contribution in [0.15, 0.2) is 46.9 Å². The first-order valence-electron chi connectivity index (χ1n) is 11.9. The van der Waals surface area contributed by atoms with Gasteiger partial charge >= 0.3 is 0 Å². The molecule has 184 valence electrons. The van der Waals surface area contributed by atoms with Crippen molar-refractivity contribution in [1.82, 2.24) is 34.9 Å². The molecule has 5 heterocycles. The van der Waals surface area contributed by atoms with Gasteiger partial charge in [-0.05, 0) is 44.7 Å².